The number of aromatic amines is 1. The number of rotatable bonds is 2. The first-order valence-corrected chi connectivity index (χ1v) is 5.00. The Hall–Kier alpha value is -0.800. The maximum Gasteiger partial charge on any atom is 0.0295 e. The molecule has 0 aliphatic carbocycles. The second-order valence-corrected chi connectivity index (χ2v) is 3.79. The zero-order valence-electron chi connectivity index (χ0n) is 7.87. The van der Waals surface area contributed by atoms with Crippen LogP contribution in [-0.2, 0) is 6.42 Å². The minimum atomic E-state index is 0.535. The van der Waals surface area contributed by atoms with Gasteiger partial charge in [-0.2, -0.15) is 0 Å². The lowest BCUT2D eigenvalue weighted by atomic mass is 10.00. The summed E-state index contributed by atoms with van der Waals surface area (Å²) in [7, 11) is 0. The van der Waals surface area contributed by atoms with Crippen molar-refractivity contribution in [1.29, 1.82) is 0 Å². The topological polar surface area (TPSA) is 45.0 Å². The van der Waals surface area contributed by atoms with Gasteiger partial charge in [-0.25, -0.2) is 5.01 Å². The number of nitrogens with zero attached hydrogens (tertiary/aromatic N) is 1. The van der Waals surface area contributed by atoms with Crippen LogP contribution >= 0.6 is 0 Å². The normalized spacial score (nSPS) is 24.8. The van der Waals surface area contributed by atoms with Crippen LogP contribution in [0.25, 0.3) is 0 Å². The van der Waals surface area contributed by atoms with Crippen LogP contribution in [0.2, 0.25) is 0 Å². The van der Waals surface area contributed by atoms with Crippen molar-refractivity contribution in [3.63, 3.8) is 0 Å². The van der Waals surface area contributed by atoms with Crippen LogP contribution in [0, 0.1) is 0 Å². The third-order valence-electron chi connectivity index (χ3n) is 2.79. The molecule has 3 nitrogen and oxygen atoms in total. The summed E-state index contributed by atoms with van der Waals surface area (Å²) in [6.07, 6.45) is 6.83. The summed E-state index contributed by atoms with van der Waals surface area (Å²) in [5.41, 5.74) is 1.29. The first-order chi connectivity index (χ1) is 6.36. The molecule has 1 saturated heterocycles. The van der Waals surface area contributed by atoms with Gasteiger partial charge in [0.1, 0.15) is 0 Å². The van der Waals surface area contributed by atoms with E-state index < -0.39 is 0 Å². The van der Waals surface area contributed by atoms with Gasteiger partial charge in [0.2, 0.25) is 0 Å². The van der Waals surface area contributed by atoms with Crippen molar-refractivity contribution < 1.29 is 0 Å². The molecule has 1 aromatic heterocycles. The molecule has 0 bridgehead atoms. The second-order valence-electron chi connectivity index (χ2n) is 3.79. The van der Waals surface area contributed by atoms with Gasteiger partial charge in [0, 0.05) is 30.9 Å². The Labute approximate surface area is 78.9 Å². The molecule has 3 heteroatoms. The van der Waals surface area contributed by atoms with E-state index in [1.54, 1.807) is 0 Å². The lowest BCUT2D eigenvalue weighted by molar-refractivity contribution is 0.149. The number of nitrogens with two attached hydrogens (primary N) is 1. The van der Waals surface area contributed by atoms with E-state index in [2.05, 4.69) is 11.1 Å². The van der Waals surface area contributed by atoms with Crippen LogP contribution in [0.15, 0.2) is 18.3 Å². The van der Waals surface area contributed by atoms with Gasteiger partial charge in [-0.15, -0.1) is 0 Å². The summed E-state index contributed by atoms with van der Waals surface area (Å²) in [6.45, 7) is 1.05. The number of hydrogen-bond acceptors (Lipinski definition) is 2. The Morgan fingerprint density at radius 3 is 3.15 bits per heavy atom. The quantitative estimate of drug-likeness (QED) is 0.672. The van der Waals surface area contributed by atoms with Crippen LogP contribution in [0.3, 0.4) is 0 Å². The summed E-state index contributed by atoms with van der Waals surface area (Å²) >= 11 is 0. The smallest absolute Gasteiger partial charge is 0.0295 e. The van der Waals surface area contributed by atoms with Crippen molar-refractivity contribution >= 4 is 0 Å². The fourth-order valence-corrected chi connectivity index (χ4v) is 1.99. The SMILES string of the molecule is NN1CCCCC1Cc1ccc[nH]1. The van der Waals surface area contributed by atoms with E-state index in [9.17, 15) is 0 Å². The van der Waals surface area contributed by atoms with Crippen molar-refractivity contribution in [3.8, 4) is 0 Å². The molecule has 1 aliphatic rings. The second kappa shape index (κ2) is 3.94. The van der Waals surface area contributed by atoms with Gasteiger partial charge >= 0.3 is 0 Å². The van der Waals surface area contributed by atoms with Gasteiger partial charge in [-0.1, -0.05) is 6.42 Å². The predicted molar refractivity (Wildman–Crippen MR) is 53.0 cm³/mol. The van der Waals surface area contributed by atoms with Crippen molar-refractivity contribution in [2.24, 2.45) is 5.84 Å². The van der Waals surface area contributed by atoms with Crippen LogP contribution in [0.1, 0.15) is 25.0 Å². The third-order valence-corrected chi connectivity index (χ3v) is 2.79. The average molecular weight is 179 g/mol. The van der Waals surface area contributed by atoms with Gasteiger partial charge in [0.25, 0.3) is 0 Å². The Morgan fingerprint density at radius 2 is 2.46 bits per heavy atom. The van der Waals surface area contributed by atoms with Crippen molar-refractivity contribution in [2.75, 3.05) is 6.54 Å². The fraction of sp³-hybridized carbons (Fsp3) is 0.600. The van der Waals surface area contributed by atoms with E-state index in [1.165, 1.54) is 25.0 Å². The van der Waals surface area contributed by atoms with Crippen molar-refractivity contribution in [2.45, 2.75) is 31.7 Å². The van der Waals surface area contributed by atoms with E-state index in [0.717, 1.165) is 13.0 Å². The molecule has 13 heavy (non-hydrogen) atoms. The number of H-pyrrole nitrogens is 1. The molecule has 1 aromatic rings. The summed E-state index contributed by atoms with van der Waals surface area (Å²) in [4.78, 5) is 3.22. The van der Waals surface area contributed by atoms with E-state index >= 15 is 0 Å². The molecule has 3 N–H and O–H groups in total. The van der Waals surface area contributed by atoms with E-state index in [4.69, 9.17) is 5.84 Å². The molecule has 1 unspecified atom stereocenters. The lowest BCUT2D eigenvalue weighted by Gasteiger charge is -2.31. The van der Waals surface area contributed by atoms with E-state index in [0.29, 0.717) is 6.04 Å². The molecule has 1 atom stereocenters. The standard InChI is InChI=1S/C10H17N3/c11-13-7-2-1-5-10(13)8-9-4-3-6-12-9/h3-4,6,10,12H,1-2,5,7-8,11H2. The highest BCUT2D eigenvalue weighted by Gasteiger charge is 2.19. The Bertz CT molecular complexity index is 243. The lowest BCUT2D eigenvalue weighted by Crippen LogP contribution is -2.45. The first-order valence-electron chi connectivity index (χ1n) is 5.00. The Morgan fingerprint density at radius 1 is 1.54 bits per heavy atom. The molecular formula is C10H17N3. The molecule has 2 rings (SSSR count). The largest absolute Gasteiger partial charge is 0.365 e. The van der Waals surface area contributed by atoms with Crippen molar-refractivity contribution in [1.82, 2.24) is 9.99 Å². The first kappa shape index (κ1) is 8.78. The number of nitrogens with one attached hydrogen (secondary N) is 1. The minimum absolute atomic E-state index is 0.535. The number of piperidine rings is 1. The Balaban J connectivity index is 1.93. The average Bonchev–Trinajstić information content (AvgIpc) is 2.61. The van der Waals surface area contributed by atoms with Crippen molar-refractivity contribution in [3.05, 3.63) is 24.0 Å². The highest BCUT2D eigenvalue weighted by molar-refractivity contribution is 5.05. The molecule has 0 amide bonds. The highest BCUT2D eigenvalue weighted by Crippen LogP contribution is 2.16. The fourth-order valence-electron chi connectivity index (χ4n) is 1.99. The molecule has 1 fully saturated rings. The molecule has 0 aromatic carbocycles. The van der Waals surface area contributed by atoms with E-state index in [-0.39, 0.29) is 0 Å². The van der Waals surface area contributed by atoms with Gasteiger partial charge in [0.05, 0.1) is 0 Å². The predicted octanol–water partition coefficient (Wildman–Crippen LogP) is 1.29. The van der Waals surface area contributed by atoms with Gasteiger partial charge in [-0.05, 0) is 25.0 Å². The molecule has 0 saturated carbocycles. The number of aromatic nitrogens is 1. The summed E-state index contributed by atoms with van der Waals surface area (Å²) < 4.78 is 0. The molecule has 0 radical (unpaired) electrons. The highest BCUT2D eigenvalue weighted by atomic mass is 15.4. The molecule has 72 valence electrons. The molecule has 2 heterocycles. The van der Waals surface area contributed by atoms with Crippen LogP contribution in [-0.4, -0.2) is 22.6 Å². The summed E-state index contributed by atoms with van der Waals surface area (Å²) in [5, 5.41) is 1.99. The van der Waals surface area contributed by atoms with Gasteiger partial charge in [0.15, 0.2) is 0 Å². The van der Waals surface area contributed by atoms with Crippen LogP contribution in [0.4, 0.5) is 0 Å². The van der Waals surface area contributed by atoms with Crippen LogP contribution < -0.4 is 5.84 Å². The maximum absolute atomic E-state index is 5.92. The number of hydrogen-bond donors (Lipinski definition) is 2. The Kier molecular flexibility index (Phi) is 2.66. The summed E-state index contributed by atoms with van der Waals surface area (Å²) in [5.74, 6) is 5.92. The third kappa shape index (κ3) is 2.11. The van der Waals surface area contributed by atoms with Gasteiger partial charge < -0.3 is 4.98 Å². The summed E-state index contributed by atoms with van der Waals surface area (Å²) in [6, 6.07) is 4.70. The molecular weight excluding hydrogens is 162 g/mol. The van der Waals surface area contributed by atoms with Gasteiger partial charge in [-0.3, -0.25) is 5.84 Å². The molecule has 0 spiro atoms. The maximum atomic E-state index is 5.92. The monoisotopic (exact) mass is 179 g/mol. The zero-order valence-corrected chi connectivity index (χ0v) is 7.87. The number of hydrazine groups is 1. The zero-order chi connectivity index (χ0) is 9.10. The van der Waals surface area contributed by atoms with E-state index in [1.807, 2.05) is 17.3 Å². The molecule has 1 aliphatic heterocycles. The minimum Gasteiger partial charge on any atom is -0.365 e. The van der Waals surface area contributed by atoms with Crippen LogP contribution in [0.5, 0.6) is 0 Å².